The Kier molecular flexibility index (Phi) is 12.0. The van der Waals surface area contributed by atoms with Crippen LogP contribution in [0.15, 0.2) is 54.6 Å². The number of nitrogens with zero attached hydrogens (tertiary/aromatic N) is 3. The maximum atomic E-state index is 13.6. The topological polar surface area (TPSA) is 111 Å². The summed E-state index contributed by atoms with van der Waals surface area (Å²) < 4.78 is 13.5. The smallest absolute Gasteiger partial charge is 0.414 e. The van der Waals surface area contributed by atoms with Crippen molar-refractivity contribution in [2.24, 2.45) is 5.73 Å². The molecule has 0 atom stereocenters. The monoisotopic (exact) mass is 649 g/mol. The van der Waals surface area contributed by atoms with E-state index in [9.17, 15) is 9.59 Å². The summed E-state index contributed by atoms with van der Waals surface area (Å²) in [6.45, 7) is 16.2. The van der Waals surface area contributed by atoms with Gasteiger partial charge in [0.15, 0.2) is 0 Å². The van der Waals surface area contributed by atoms with Gasteiger partial charge in [-0.1, -0.05) is 31.0 Å². The van der Waals surface area contributed by atoms with E-state index in [1.165, 1.54) is 0 Å². The molecule has 0 fully saturated rings. The molecule has 2 amide bonds. The molecular weight excluding hydrogens is 602 g/mol. The first-order chi connectivity index (χ1) is 21.2. The van der Waals surface area contributed by atoms with Crippen molar-refractivity contribution in [3.63, 3.8) is 0 Å². The third-order valence-electron chi connectivity index (χ3n) is 7.23. The number of carbonyl (C=O) groups is 2. The van der Waals surface area contributed by atoms with Crippen molar-refractivity contribution in [2.75, 3.05) is 23.3 Å². The van der Waals surface area contributed by atoms with Gasteiger partial charge in [-0.2, -0.15) is 0 Å². The molecule has 0 aliphatic rings. The van der Waals surface area contributed by atoms with E-state index in [1.807, 2.05) is 110 Å². The van der Waals surface area contributed by atoms with Crippen LogP contribution in [0.5, 0.6) is 0 Å². The SMILES string of the molecule is Cc1cc2nc3cc(C)c(N(CCCCCCN)C(=O)OC(C)(C)C)cc3[n+](-c3ccccc3)c2cc1NC(=O)OC(C)(C)C.[Cl-]. The molecule has 1 aromatic heterocycles. The highest BCUT2D eigenvalue weighted by Crippen LogP contribution is 2.30. The predicted molar refractivity (Wildman–Crippen MR) is 181 cm³/mol. The Labute approximate surface area is 278 Å². The number of para-hydroxylation sites is 1. The van der Waals surface area contributed by atoms with Gasteiger partial charge in [0.2, 0.25) is 16.7 Å². The minimum atomic E-state index is -0.642. The average molecular weight is 650 g/mol. The number of unbranched alkanes of at least 4 members (excludes halogenated alkanes) is 3. The Morgan fingerprint density at radius 2 is 1.41 bits per heavy atom. The van der Waals surface area contributed by atoms with Crippen LogP contribution in [0.3, 0.4) is 0 Å². The molecule has 0 spiro atoms. The average Bonchev–Trinajstić information content (AvgIpc) is 2.93. The van der Waals surface area contributed by atoms with Crippen molar-refractivity contribution in [3.05, 3.63) is 65.7 Å². The fraction of sp³-hybridized carbons (Fsp3) is 0.444. The number of aryl methyl sites for hydroxylation is 2. The molecule has 4 rings (SSSR count). The summed E-state index contributed by atoms with van der Waals surface area (Å²) in [5.74, 6) is 0. The van der Waals surface area contributed by atoms with E-state index in [2.05, 4.69) is 9.88 Å². The molecule has 248 valence electrons. The number of rotatable bonds is 9. The van der Waals surface area contributed by atoms with Crippen molar-refractivity contribution in [3.8, 4) is 5.69 Å². The third kappa shape index (κ3) is 9.30. The highest BCUT2D eigenvalue weighted by atomic mass is 35.5. The second-order valence-electron chi connectivity index (χ2n) is 13.5. The van der Waals surface area contributed by atoms with E-state index >= 15 is 0 Å². The van der Waals surface area contributed by atoms with Gasteiger partial charge in [-0.05, 0) is 98.0 Å². The second-order valence-corrected chi connectivity index (χ2v) is 13.5. The third-order valence-corrected chi connectivity index (χ3v) is 7.23. The summed E-state index contributed by atoms with van der Waals surface area (Å²) in [4.78, 5) is 33.2. The quantitative estimate of drug-likeness (QED) is 0.152. The number of halogens is 1. The molecule has 10 heteroatoms. The van der Waals surface area contributed by atoms with Crippen molar-refractivity contribution < 1.29 is 36.0 Å². The zero-order chi connectivity index (χ0) is 32.9. The molecule has 9 nitrogen and oxygen atoms in total. The van der Waals surface area contributed by atoms with Crippen molar-refractivity contribution in [1.29, 1.82) is 0 Å². The van der Waals surface area contributed by atoms with E-state index in [4.69, 9.17) is 20.2 Å². The van der Waals surface area contributed by atoms with E-state index in [1.54, 1.807) is 4.90 Å². The molecule has 1 heterocycles. The van der Waals surface area contributed by atoms with E-state index < -0.39 is 17.3 Å². The zero-order valence-corrected chi connectivity index (χ0v) is 29.1. The highest BCUT2D eigenvalue weighted by Gasteiger charge is 2.28. The van der Waals surface area contributed by atoms with Crippen molar-refractivity contribution >= 4 is 45.6 Å². The van der Waals surface area contributed by atoms with Gasteiger partial charge in [0, 0.05) is 30.8 Å². The number of fused-ring (bicyclic) bond motifs is 2. The largest absolute Gasteiger partial charge is 1.00 e. The number of hydrogen-bond acceptors (Lipinski definition) is 6. The fourth-order valence-electron chi connectivity index (χ4n) is 5.24. The summed E-state index contributed by atoms with van der Waals surface area (Å²) >= 11 is 0. The Hall–Kier alpha value is -3.95. The molecule has 3 N–H and O–H groups in total. The molecule has 0 unspecified atom stereocenters. The van der Waals surface area contributed by atoms with E-state index in [-0.39, 0.29) is 18.5 Å². The number of aromatic nitrogens is 2. The number of hydrogen-bond donors (Lipinski definition) is 2. The maximum absolute atomic E-state index is 13.6. The number of benzene rings is 3. The number of nitrogens with two attached hydrogens (primary N) is 1. The van der Waals surface area contributed by atoms with Gasteiger partial charge < -0.3 is 27.6 Å². The Morgan fingerprint density at radius 3 is 2.02 bits per heavy atom. The number of amides is 2. The van der Waals surface area contributed by atoms with Crippen LogP contribution in [0.4, 0.5) is 21.0 Å². The van der Waals surface area contributed by atoms with Gasteiger partial charge in [0.1, 0.15) is 22.2 Å². The normalized spacial score (nSPS) is 11.7. The molecule has 0 aliphatic heterocycles. The fourth-order valence-corrected chi connectivity index (χ4v) is 5.24. The summed E-state index contributed by atoms with van der Waals surface area (Å²) in [5, 5.41) is 2.92. The summed E-state index contributed by atoms with van der Waals surface area (Å²) in [5.41, 5.74) is 11.7. The van der Waals surface area contributed by atoms with Crippen LogP contribution in [0.1, 0.15) is 78.4 Å². The lowest BCUT2D eigenvalue weighted by Crippen LogP contribution is -3.00. The minimum Gasteiger partial charge on any atom is -1.00 e. The number of anilines is 2. The maximum Gasteiger partial charge on any atom is 0.414 e. The Morgan fingerprint density at radius 1 is 0.826 bits per heavy atom. The molecule has 3 aromatic carbocycles. The number of ether oxygens (including phenoxy) is 2. The Balaban J connectivity index is 0.00000576. The molecule has 0 bridgehead atoms. The molecule has 0 radical (unpaired) electrons. The van der Waals surface area contributed by atoms with Crippen LogP contribution in [0.2, 0.25) is 0 Å². The molecule has 0 aliphatic carbocycles. The van der Waals surface area contributed by atoms with Crippen molar-refractivity contribution in [1.82, 2.24) is 4.98 Å². The van der Waals surface area contributed by atoms with Gasteiger partial charge in [0.25, 0.3) is 0 Å². The van der Waals surface area contributed by atoms with E-state index in [0.29, 0.717) is 18.8 Å². The lowest BCUT2D eigenvalue weighted by Gasteiger charge is -2.28. The summed E-state index contributed by atoms with van der Waals surface area (Å²) in [6, 6.07) is 17.9. The minimum absolute atomic E-state index is 0. The van der Waals surface area contributed by atoms with Crippen LogP contribution in [0, 0.1) is 13.8 Å². The number of nitrogens with one attached hydrogen (secondary N) is 1. The standard InChI is InChI=1S/C36H47N5O4.ClH/c1-24-20-28-31(22-27(24)39-33(42)44-35(3,4)5)41(26-16-12-11-13-17-26)32-23-30(25(2)21-29(32)38-28)40(19-15-10-9-14-18-37)34(43)45-36(6,7)8;/h11-13,16-17,20-23H,9-10,14-15,18-19,37H2,1-8H3;1H. The molecule has 0 saturated carbocycles. The van der Waals surface area contributed by atoms with Gasteiger partial charge >= 0.3 is 12.2 Å². The van der Waals surface area contributed by atoms with Gasteiger partial charge in [-0.3, -0.25) is 10.2 Å². The highest BCUT2D eigenvalue weighted by molar-refractivity contribution is 5.94. The first kappa shape index (κ1) is 36.5. The zero-order valence-electron chi connectivity index (χ0n) is 28.4. The lowest BCUT2D eigenvalue weighted by molar-refractivity contribution is -0.538. The summed E-state index contributed by atoms with van der Waals surface area (Å²) in [6.07, 6.45) is 2.85. The van der Waals surface area contributed by atoms with Gasteiger partial charge in [-0.25, -0.2) is 14.6 Å². The van der Waals surface area contributed by atoms with Crippen LogP contribution in [-0.2, 0) is 9.47 Å². The molecule has 4 aromatic rings. The first-order valence-corrected chi connectivity index (χ1v) is 15.7. The van der Waals surface area contributed by atoms with Crippen LogP contribution in [-0.4, -0.2) is 41.5 Å². The predicted octanol–water partition coefficient (Wildman–Crippen LogP) is 4.89. The van der Waals surface area contributed by atoms with Gasteiger partial charge in [0.05, 0.1) is 11.4 Å². The molecule has 0 saturated heterocycles. The van der Waals surface area contributed by atoms with Crippen LogP contribution < -0.4 is 32.9 Å². The van der Waals surface area contributed by atoms with Crippen molar-refractivity contribution in [2.45, 2.75) is 92.3 Å². The van der Waals surface area contributed by atoms with Gasteiger partial charge in [-0.15, -0.1) is 4.57 Å². The van der Waals surface area contributed by atoms with Crippen LogP contribution >= 0.6 is 0 Å². The van der Waals surface area contributed by atoms with E-state index in [0.717, 1.165) is 70.3 Å². The molecular formula is C36H48ClN5O4. The van der Waals surface area contributed by atoms with Crippen LogP contribution in [0.25, 0.3) is 27.8 Å². The summed E-state index contributed by atoms with van der Waals surface area (Å²) in [7, 11) is 0. The Bertz CT molecular complexity index is 1680. The number of carbonyl (C=O) groups excluding carboxylic acids is 2. The first-order valence-electron chi connectivity index (χ1n) is 15.7. The molecule has 46 heavy (non-hydrogen) atoms. The second kappa shape index (κ2) is 15.1. The lowest BCUT2D eigenvalue weighted by atomic mass is 10.1.